The molecule has 3 aromatic rings. The van der Waals surface area contributed by atoms with Crippen LogP contribution in [0.2, 0.25) is 10.0 Å². The fourth-order valence-corrected chi connectivity index (χ4v) is 6.22. The van der Waals surface area contributed by atoms with Gasteiger partial charge in [-0.1, -0.05) is 85.1 Å². The molecule has 0 bridgehead atoms. The zero-order valence-corrected chi connectivity index (χ0v) is 24.6. The fourth-order valence-electron chi connectivity index (χ4n) is 4.21. The van der Waals surface area contributed by atoms with E-state index in [0.29, 0.717) is 18.0 Å². The minimum absolute atomic E-state index is 0.00165. The molecule has 0 aromatic heterocycles. The van der Waals surface area contributed by atoms with Gasteiger partial charge < -0.3 is 10.2 Å². The molecular weight excluding hydrogens is 557 g/mol. The summed E-state index contributed by atoms with van der Waals surface area (Å²) in [6.45, 7) is 5.74. The molecule has 10 heteroatoms. The van der Waals surface area contributed by atoms with Crippen LogP contribution in [-0.2, 0) is 26.2 Å². The van der Waals surface area contributed by atoms with E-state index < -0.39 is 28.5 Å². The highest BCUT2D eigenvalue weighted by atomic mass is 35.5. The van der Waals surface area contributed by atoms with Crippen LogP contribution in [-0.4, -0.2) is 44.3 Å². The first-order valence-electron chi connectivity index (χ1n) is 12.7. The molecule has 0 aliphatic rings. The van der Waals surface area contributed by atoms with Crippen molar-refractivity contribution in [2.24, 2.45) is 0 Å². The number of carbonyl (C=O) groups is 2. The number of aryl methyl sites for hydroxylation is 1. The summed E-state index contributed by atoms with van der Waals surface area (Å²) < 4.78 is 28.6. The van der Waals surface area contributed by atoms with Crippen molar-refractivity contribution in [3.63, 3.8) is 0 Å². The largest absolute Gasteiger partial charge is 0.354 e. The van der Waals surface area contributed by atoms with Crippen molar-refractivity contribution < 1.29 is 18.0 Å². The average Bonchev–Trinajstić information content (AvgIpc) is 2.91. The van der Waals surface area contributed by atoms with E-state index in [9.17, 15) is 18.0 Å². The molecule has 0 fully saturated rings. The van der Waals surface area contributed by atoms with Gasteiger partial charge in [-0.2, -0.15) is 0 Å². The van der Waals surface area contributed by atoms with Crippen molar-refractivity contribution in [3.05, 3.63) is 94.0 Å². The molecule has 7 nitrogen and oxygen atoms in total. The van der Waals surface area contributed by atoms with Crippen molar-refractivity contribution in [2.45, 2.75) is 51.1 Å². The van der Waals surface area contributed by atoms with Crippen LogP contribution in [0, 0.1) is 6.92 Å². The minimum Gasteiger partial charge on any atom is -0.354 e. The van der Waals surface area contributed by atoms with Crippen molar-refractivity contribution in [3.8, 4) is 0 Å². The Hall–Kier alpha value is -3.07. The number of halogens is 2. The maximum atomic E-state index is 14.0. The first-order chi connectivity index (χ1) is 18.6. The second-order valence-corrected chi connectivity index (χ2v) is 11.9. The second kappa shape index (κ2) is 13.8. The van der Waals surface area contributed by atoms with Gasteiger partial charge in [0.2, 0.25) is 11.8 Å². The topological polar surface area (TPSA) is 86.8 Å². The highest BCUT2D eigenvalue weighted by Gasteiger charge is 2.34. The molecule has 3 rings (SSSR count). The number of sulfonamides is 1. The summed E-state index contributed by atoms with van der Waals surface area (Å²) in [4.78, 5) is 28.6. The molecule has 0 heterocycles. The van der Waals surface area contributed by atoms with Gasteiger partial charge in [-0.3, -0.25) is 13.9 Å². The average molecular weight is 591 g/mol. The smallest absolute Gasteiger partial charge is 0.264 e. The quantitative estimate of drug-likeness (QED) is 0.288. The van der Waals surface area contributed by atoms with E-state index in [1.165, 1.54) is 35.2 Å². The van der Waals surface area contributed by atoms with E-state index >= 15 is 0 Å². The number of amides is 2. The van der Waals surface area contributed by atoms with Gasteiger partial charge in [0.25, 0.3) is 10.0 Å². The summed E-state index contributed by atoms with van der Waals surface area (Å²) in [6.07, 6.45) is 1.09. The van der Waals surface area contributed by atoms with Crippen molar-refractivity contribution in [1.29, 1.82) is 0 Å². The second-order valence-electron chi connectivity index (χ2n) is 9.15. The lowest BCUT2D eigenvalue weighted by Crippen LogP contribution is -2.52. The zero-order valence-electron chi connectivity index (χ0n) is 22.2. The predicted molar refractivity (Wildman–Crippen MR) is 157 cm³/mol. The standard InChI is InChI=1S/C29H33Cl2N3O4S/c1-4-16-32-29(36)26(5-2)33(19-22-11-9-10-21(3)17-22)28(35)20-34(27-15-14-23(30)18-25(27)31)39(37,38)24-12-7-6-8-13-24/h6-15,17-18,26H,4-5,16,19-20H2,1-3H3,(H,32,36)/t26-/m0/s1. The number of nitrogens with one attached hydrogen (secondary N) is 1. The van der Waals surface area contributed by atoms with E-state index in [1.54, 1.807) is 18.2 Å². The maximum absolute atomic E-state index is 14.0. The molecular formula is C29H33Cl2N3O4S. The Labute approximate surface area is 240 Å². The van der Waals surface area contributed by atoms with Gasteiger partial charge in [0.1, 0.15) is 12.6 Å². The Morgan fingerprint density at radius 3 is 2.28 bits per heavy atom. The number of nitrogens with zero attached hydrogens (tertiary/aromatic N) is 2. The van der Waals surface area contributed by atoms with Crippen molar-refractivity contribution in [1.82, 2.24) is 10.2 Å². The van der Waals surface area contributed by atoms with E-state index in [1.807, 2.05) is 45.0 Å². The van der Waals surface area contributed by atoms with E-state index in [0.717, 1.165) is 21.9 Å². The molecule has 1 N–H and O–H groups in total. The molecule has 3 aromatic carbocycles. The Balaban J connectivity index is 2.07. The summed E-state index contributed by atoms with van der Waals surface area (Å²) >= 11 is 12.5. The van der Waals surface area contributed by atoms with Crippen LogP contribution in [0.4, 0.5) is 5.69 Å². The van der Waals surface area contributed by atoms with Crippen LogP contribution in [0.15, 0.2) is 77.7 Å². The third-order valence-corrected chi connectivity index (χ3v) is 8.47. The van der Waals surface area contributed by atoms with E-state index in [4.69, 9.17) is 23.2 Å². The number of benzene rings is 3. The van der Waals surface area contributed by atoms with E-state index in [-0.39, 0.29) is 28.1 Å². The molecule has 0 radical (unpaired) electrons. The molecule has 2 amide bonds. The molecule has 208 valence electrons. The summed E-state index contributed by atoms with van der Waals surface area (Å²) in [7, 11) is -4.21. The number of rotatable bonds is 12. The molecule has 1 atom stereocenters. The molecule has 0 aliphatic carbocycles. The van der Waals surface area contributed by atoms with Gasteiger partial charge in [0, 0.05) is 18.1 Å². The van der Waals surface area contributed by atoms with E-state index in [2.05, 4.69) is 5.32 Å². The molecule has 0 saturated carbocycles. The van der Waals surface area contributed by atoms with Crippen LogP contribution in [0.3, 0.4) is 0 Å². The van der Waals surface area contributed by atoms with Crippen LogP contribution in [0.5, 0.6) is 0 Å². The van der Waals surface area contributed by atoms with Gasteiger partial charge in [-0.05, 0) is 55.7 Å². The third-order valence-electron chi connectivity index (χ3n) is 6.16. The summed E-state index contributed by atoms with van der Waals surface area (Å²) in [5, 5.41) is 3.27. The lowest BCUT2D eigenvalue weighted by Gasteiger charge is -2.33. The monoisotopic (exact) mass is 589 g/mol. The zero-order chi connectivity index (χ0) is 28.6. The van der Waals surface area contributed by atoms with Crippen molar-refractivity contribution in [2.75, 3.05) is 17.4 Å². The van der Waals surface area contributed by atoms with Gasteiger partial charge in [-0.15, -0.1) is 0 Å². The lowest BCUT2D eigenvalue weighted by atomic mass is 10.1. The summed E-state index contributed by atoms with van der Waals surface area (Å²) in [5.74, 6) is -0.831. The molecule has 0 saturated heterocycles. The first kappa shape index (κ1) is 30.5. The minimum atomic E-state index is -4.21. The number of hydrogen-bond acceptors (Lipinski definition) is 4. The molecule has 0 aliphatic heterocycles. The van der Waals surface area contributed by atoms with Gasteiger partial charge in [-0.25, -0.2) is 8.42 Å². The van der Waals surface area contributed by atoms with Crippen LogP contribution in [0.25, 0.3) is 0 Å². The summed E-state index contributed by atoms with van der Waals surface area (Å²) in [5.41, 5.74) is 1.94. The Bertz CT molecular complexity index is 1400. The van der Waals surface area contributed by atoms with Gasteiger partial charge >= 0.3 is 0 Å². The Kier molecular flexibility index (Phi) is 10.8. The van der Waals surface area contributed by atoms with Crippen LogP contribution >= 0.6 is 23.2 Å². The van der Waals surface area contributed by atoms with Gasteiger partial charge in [0.05, 0.1) is 15.6 Å². The van der Waals surface area contributed by atoms with Crippen LogP contribution < -0.4 is 9.62 Å². The molecule has 0 spiro atoms. The molecule has 39 heavy (non-hydrogen) atoms. The Morgan fingerprint density at radius 1 is 0.949 bits per heavy atom. The highest BCUT2D eigenvalue weighted by Crippen LogP contribution is 2.33. The summed E-state index contributed by atoms with van der Waals surface area (Å²) in [6, 6.07) is 19.0. The Morgan fingerprint density at radius 2 is 1.67 bits per heavy atom. The number of carbonyl (C=O) groups excluding carboxylic acids is 2. The molecule has 0 unspecified atom stereocenters. The van der Waals surface area contributed by atoms with Gasteiger partial charge in [0.15, 0.2) is 0 Å². The normalized spacial score (nSPS) is 12.0. The fraction of sp³-hybridized carbons (Fsp3) is 0.310. The maximum Gasteiger partial charge on any atom is 0.264 e. The van der Waals surface area contributed by atoms with Crippen LogP contribution in [0.1, 0.15) is 37.8 Å². The third kappa shape index (κ3) is 7.75. The first-order valence-corrected chi connectivity index (χ1v) is 14.9. The highest BCUT2D eigenvalue weighted by molar-refractivity contribution is 7.92. The predicted octanol–water partition coefficient (Wildman–Crippen LogP) is 5.83. The number of anilines is 1. The number of hydrogen-bond donors (Lipinski definition) is 1. The van der Waals surface area contributed by atoms with Crippen molar-refractivity contribution >= 4 is 50.7 Å². The lowest BCUT2D eigenvalue weighted by molar-refractivity contribution is -0.140. The SMILES string of the molecule is CCCNC(=O)[C@H](CC)N(Cc1cccc(C)c1)C(=O)CN(c1ccc(Cl)cc1Cl)S(=O)(=O)c1ccccc1.